The minimum atomic E-state index is -4.43. The van der Waals surface area contributed by atoms with E-state index in [0.717, 1.165) is 12.1 Å². The molecular weight excluding hydrogens is 455 g/mol. The number of nitrogens with one attached hydrogen (secondary N) is 2. The number of hydrogen-bond donors (Lipinski definition) is 2. The Morgan fingerprint density at radius 2 is 1.63 bits per heavy atom. The average Bonchev–Trinajstić information content (AvgIpc) is 2.69. The molecule has 0 atom stereocenters. The molecule has 30 heavy (non-hydrogen) atoms. The Hall–Kier alpha value is -3.21. The number of benzene rings is 2. The van der Waals surface area contributed by atoms with Gasteiger partial charge in [0.2, 0.25) is 0 Å². The average molecular weight is 467 g/mol. The van der Waals surface area contributed by atoms with E-state index in [1.165, 1.54) is 48.8 Å². The number of carbonyl (C=O) groups excluding carboxylic acids is 1. The minimum Gasteiger partial charge on any atom is -0.322 e. The smallest absolute Gasteiger partial charge is 0.291 e. The molecule has 0 fully saturated rings. The topological polar surface area (TPSA) is 131 Å². The van der Waals surface area contributed by atoms with Crippen LogP contribution in [0.4, 0.5) is 17.1 Å². The highest BCUT2D eigenvalue weighted by Gasteiger charge is 2.29. The molecule has 0 saturated carbocycles. The van der Waals surface area contributed by atoms with Crippen LogP contribution in [0.25, 0.3) is 0 Å². The lowest BCUT2D eigenvalue weighted by Gasteiger charge is -2.12. The number of rotatable bonds is 6. The number of halogens is 2. The van der Waals surface area contributed by atoms with Crippen molar-refractivity contribution in [1.29, 1.82) is 0 Å². The zero-order valence-corrected chi connectivity index (χ0v) is 17.2. The van der Waals surface area contributed by atoms with Gasteiger partial charge in [0.25, 0.3) is 21.6 Å². The molecule has 154 valence electrons. The molecule has 3 aromatic rings. The molecule has 1 aromatic heterocycles. The van der Waals surface area contributed by atoms with Crippen LogP contribution in [0.5, 0.6) is 0 Å². The molecule has 0 radical (unpaired) electrons. The van der Waals surface area contributed by atoms with Crippen molar-refractivity contribution in [3.8, 4) is 0 Å². The lowest BCUT2D eigenvalue weighted by molar-refractivity contribution is -0.387. The van der Waals surface area contributed by atoms with E-state index >= 15 is 0 Å². The van der Waals surface area contributed by atoms with Gasteiger partial charge in [-0.05, 0) is 42.5 Å². The van der Waals surface area contributed by atoms with Crippen molar-refractivity contribution in [1.82, 2.24) is 4.98 Å². The molecule has 3 rings (SSSR count). The van der Waals surface area contributed by atoms with Gasteiger partial charge in [-0.1, -0.05) is 23.2 Å². The number of pyridine rings is 1. The van der Waals surface area contributed by atoms with Crippen molar-refractivity contribution in [2.24, 2.45) is 0 Å². The van der Waals surface area contributed by atoms with Crippen molar-refractivity contribution in [3.05, 3.63) is 86.6 Å². The number of carbonyl (C=O) groups is 1. The number of aromatic nitrogens is 1. The molecule has 0 unspecified atom stereocenters. The molecule has 0 bridgehead atoms. The zero-order chi connectivity index (χ0) is 21.9. The van der Waals surface area contributed by atoms with E-state index in [2.05, 4.69) is 15.0 Å². The minimum absolute atomic E-state index is 0.131. The maximum Gasteiger partial charge on any atom is 0.291 e. The molecule has 0 aliphatic rings. The van der Waals surface area contributed by atoms with Gasteiger partial charge in [-0.3, -0.25) is 24.6 Å². The van der Waals surface area contributed by atoms with E-state index in [0.29, 0.717) is 10.7 Å². The fourth-order valence-corrected chi connectivity index (χ4v) is 4.04. The lowest BCUT2D eigenvalue weighted by atomic mass is 10.2. The summed E-state index contributed by atoms with van der Waals surface area (Å²) in [6, 6.07) is 10.4. The highest BCUT2D eigenvalue weighted by molar-refractivity contribution is 7.92. The van der Waals surface area contributed by atoms with Crippen LogP contribution in [-0.2, 0) is 10.0 Å². The maximum absolute atomic E-state index is 12.8. The SMILES string of the molecule is O=C(Nc1ccncc1)c1cc(S(=O)(=O)Nc2ccc(Cl)cc2)c([N+](=O)[O-])cc1Cl. The first-order valence-electron chi connectivity index (χ1n) is 8.15. The van der Waals surface area contributed by atoms with Crippen LogP contribution in [0.1, 0.15) is 10.4 Å². The normalized spacial score (nSPS) is 11.0. The van der Waals surface area contributed by atoms with Crippen molar-refractivity contribution >= 4 is 56.2 Å². The Bertz CT molecular complexity index is 1220. The summed E-state index contributed by atoms with van der Waals surface area (Å²) in [5.41, 5.74) is -0.517. The fourth-order valence-electron chi connectivity index (χ4n) is 2.44. The Morgan fingerprint density at radius 3 is 2.23 bits per heavy atom. The summed E-state index contributed by atoms with van der Waals surface area (Å²) in [4.78, 5) is 26.2. The van der Waals surface area contributed by atoms with Gasteiger partial charge >= 0.3 is 0 Å². The predicted octanol–water partition coefficient (Wildman–Crippen LogP) is 4.35. The second-order valence-electron chi connectivity index (χ2n) is 5.86. The van der Waals surface area contributed by atoms with Gasteiger partial charge in [0, 0.05) is 34.9 Å². The Kier molecular flexibility index (Phi) is 6.20. The van der Waals surface area contributed by atoms with Crippen LogP contribution in [0.2, 0.25) is 10.0 Å². The summed E-state index contributed by atoms with van der Waals surface area (Å²) in [5.74, 6) is -0.746. The van der Waals surface area contributed by atoms with Crippen LogP contribution in [0.15, 0.2) is 65.8 Å². The summed E-state index contributed by atoms with van der Waals surface area (Å²) < 4.78 is 27.9. The van der Waals surface area contributed by atoms with Crippen LogP contribution in [-0.4, -0.2) is 24.2 Å². The number of amides is 1. The highest BCUT2D eigenvalue weighted by atomic mass is 35.5. The Balaban J connectivity index is 2.03. The second kappa shape index (κ2) is 8.66. The van der Waals surface area contributed by atoms with Crippen LogP contribution >= 0.6 is 23.2 Å². The predicted molar refractivity (Wildman–Crippen MR) is 113 cm³/mol. The van der Waals surface area contributed by atoms with Gasteiger partial charge in [0.1, 0.15) is 0 Å². The quantitative estimate of drug-likeness (QED) is 0.409. The fraction of sp³-hybridized carbons (Fsp3) is 0. The van der Waals surface area contributed by atoms with Crippen LogP contribution < -0.4 is 10.0 Å². The monoisotopic (exact) mass is 466 g/mol. The van der Waals surface area contributed by atoms with Gasteiger partial charge in [0.15, 0.2) is 4.90 Å². The Morgan fingerprint density at radius 1 is 1.00 bits per heavy atom. The summed E-state index contributed by atoms with van der Waals surface area (Å²) in [6.07, 6.45) is 2.89. The number of nitro benzene ring substituents is 1. The number of sulfonamides is 1. The molecule has 0 aliphatic heterocycles. The molecule has 0 aliphatic carbocycles. The van der Waals surface area contributed by atoms with E-state index in [4.69, 9.17) is 23.2 Å². The van der Waals surface area contributed by atoms with Crippen molar-refractivity contribution in [3.63, 3.8) is 0 Å². The molecule has 1 amide bonds. The summed E-state index contributed by atoms with van der Waals surface area (Å²) in [5, 5.41) is 14.0. The third-order valence-corrected chi connectivity index (χ3v) is 5.79. The van der Waals surface area contributed by atoms with Crippen LogP contribution in [0.3, 0.4) is 0 Å². The van der Waals surface area contributed by atoms with Gasteiger partial charge in [-0.2, -0.15) is 0 Å². The number of nitrogens with zero attached hydrogens (tertiary/aromatic N) is 2. The summed E-state index contributed by atoms with van der Waals surface area (Å²) >= 11 is 11.8. The Labute approximate surface area is 180 Å². The molecule has 9 nitrogen and oxygen atoms in total. The number of hydrogen-bond acceptors (Lipinski definition) is 6. The van der Waals surface area contributed by atoms with Crippen molar-refractivity contribution < 1.29 is 18.1 Å². The number of nitro groups is 1. The van der Waals surface area contributed by atoms with Crippen molar-refractivity contribution in [2.45, 2.75) is 4.90 Å². The molecule has 2 aromatic carbocycles. The summed E-state index contributed by atoms with van der Waals surface area (Å²) in [7, 11) is -4.43. The highest BCUT2D eigenvalue weighted by Crippen LogP contribution is 2.32. The standard InChI is InChI=1S/C18H12Cl2N4O5S/c19-11-1-3-13(4-2-11)23-30(28,29)17-9-14(15(20)10-16(17)24(26)27)18(25)22-12-5-7-21-8-6-12/h1-10,23H,(H,21,22,25). The van der Waals surface area contributed by atoms with E-state index in [1.807, 2.05) is 0 Å². The van der Waals surface area contributed by atoms with E-state index in [1.54, 1.807) is 0 Å². The van der Waals surface area contributed by atoms with Gasteiger partial charge < -0.3 is 5.32 Å². The molecule has 0 saturated heterocycles. The molecular formula is C18H12Cl2N4O5S. The largest absolute Gasteiger partial charge is 0.322 e. The van der Waals surface area contributed by atoms with Gasteiger partial charge in [0.05, 0.1) is 15.5 Å². The van der Waals surface area contributed by atoms with E-state index < -0.39 is 31.4 Å². The third kappa shape index (κ3) is 4.85. The van der Waals surface area contributed by atoms with Gasteiger partial charge in [-0.15, -0.1) is 0 Å². The third-order valence-electron chi connectivity index (χ3n) is 3.81. The number of anilines is 2. The zero-order valence-electron chi connectivity index (χ0n) is 14.9. The first-order chi connectivity index (χ1) is 14.2. The van der Waals surface area contributed by atoms with Crippen LogP contribution in [0, 0.1) is 10.1 Å². The maximum atomic E-state index is 12.8. The van der Waals surface area contributed by atoms with E-state index in [-0.39, 0.29) is 16.3 Å². The van der Waals surface area contributed by atoms with E-state index in [9.17, 15) is 23.3 Å². The molecule has 0 spiro atoms. The molecule has 1 heterocycles. The molecule has 2 N–H and O–H groups in total. The first kappa shape index (κ1) is 21.5. The van der Waals surface area contributed by atoms with Gasteiger partial charge in [-0.25, -0.2) is 8.42 Å². The first-order valence-corrected chi connectivity index (χ1v) is 10.4. The lowest BCUT2D eigenvalue weighted by Crippen LogP contribution is -2.18. The van der Waals surface area contributed by atoms with Crippen molar-refractivity contribution in [2.75, 3.05) is 10.0 Å². The summed E-state index contributed by atoms with van der Waals surface area (Å²) in [6.45, 7) is 0. The molecule has 12 heteroatoms. The second-order valence-corrected chi connectivity index (χ2v) is 8.35.